The van der Waals surface area contributed by atoms with Crippen LogP contribution in [0.15, 0.2) is 55.1 Å². The number of benzene rings is 2. The van der Waals surface area contributed by atoms with E-state index < -0.39 is 5.60 Å². The standard InChI is InChI=1S/C33H42Cl2N2O4/c1-6-15-36-16-14-32(26-8-7-9-28(19-26)41-24(4)38)20-27(12-13-33(32,22-36)40-5)37(21-23(2)3)31(39)18-25-10-11-29(34)30(35)17-25/h6-11,17,19,23,27H,1,12-16,18,20-22H2,2-5H3/t27-,32+,33+/m1/s1. The van der Waals surface area contributed by atoms with Gasteiger partial charge in [-0.15, -0.1) is 6.58 Å². The molecule has 0 unspecified atom stereocenters. The van der Waals surface area contributed by atoms with E-state index in [2.05, 4.69) is 36.3 Å². The molecule has 2 aromatic carbocycles. The number of rotatable bonds is 10. The lowest BCUT2D eigenvalue weighted by Crippen LogP contribution is -2.68. The van der Waals surface area contributed by atoms with E-state index in [4.69, 9.17) is 32.7 Å². The van der Waals surface area contributed by atoms with Crippen molar-refractivity contribution < 1.29 is 19.1 Å². The van der Waals surface area contributed by atoms with Crippen LogP contribution in [0.3, 0.4) is 0 Å². The van der Waals surface area contributed by atoms with Crippen LogP contribution >= 0.6 is 23.2 Å². The van der Waals surface area contributed by atoms with E-state index in [-0.39, 0.29) is 29.8 Å². The first-order valence-electron chi connectivity index (χ1n) is 14.4. The highest BCUT2D eigenvalue weighted by molar-refractivity contribution is 6.42. The highest BCUT2D eigenvalue weighted by Gasteiger charge is 2.59. The normalized spacial score (nSPS) is 24.5. The van der Waals surface area contributed by atoms with Crippen molar-refractivity contribution in [1.29, 1.82) is 0 Å². The molecule has 1 aliphatic heterocycles. The Kier molecular flexibility index (Phi) is 10.2. The summed E-state index contributed by atoms with van der Waals surface area (Å²) in [7, 11) is 1.81. The predicted molar refractivity (Wildman–Crippen MR) is 165 cm³/mol. The second kappa shape index (κ2) is 13.3. The van der Waals surface area contributed by atoms with Gasteiger partial charge in [0.2, 0.25) is 5.91 Å². The molecule has 1 heterocycles. The lowest BCUT2D eigenvalue weighted by atomic mass is 9.55. The van der Waals surface area contributed by atoms with E-state index in [1.165, 1.54) is 6.92 Å². The van der Waals surface area contributed by atoms with E-state index >= 15 is 0 Å². The Morgan fingerprint density at radius 3 is 2.61 bits per heavy atom. The van der Waals surface area contributed by atoms with Crippen molar-refractivity contribution in [2.75, 3.05) is 33.3 Å². The molecule has 0 radical (unpaired) electrons. The average Bonchev–Trinajstić information content (AvgIpc) is 2.93. The van der Waals surface area contributed by atoms with Gasteiger partial charge in [-0.05, 0) is 73.5 Å². The van der Waals surface area contributed by atoms with E-state index in [0.29, 0.717) is 28.3 Å². The van der Waals surface area contributed by atoms with E-state index in [1.54, 1.807) is 12.1 Å². The molecule has 2 aliphatic rings. The topological polar surface area (TPSA) is 59.1 Å². The van der Waals surface area contributed by atoms with Gasteiger partial charge >= 0.3 is 5.97 Å². The summed E-state index contributed by atoms with van der Waals surface area (Å²) in [6, 6.07) is 13.3. The van der Waals surface area contributed by atoms with Crippen LogP contribution in [0.5, 0.6) is 5.75 Å². The summed E-state index contributed by atoms with van der Waals surface area (Å²) in [5.74, 6) is 0.565. The average molecular weight is 602 g/mol. The van der Waals surface area contributed by atoms with Crippen molar-refractivity contribution in [3.63, 3.8) is 0 Å². The number of piperidine rings is 1. The Morgan fingerprint density at radius 1 is 1.17 bits per heavy atom. The van der Waals surface area contributed by atoms with Crippen molar-refractivity contribution in [2.24, 2.45) is 5.92 Å². The van der Waals surface area contributed by atoms with E-state index in [0.717, 1.165) is 56.4 Å². The highest BCUT2D eigenvalue weighted by Crippen LogP contribution is 2.54. The zero-order chi connectivity index (χ0) is 29.8. The molecule has 8 heteroatoms. The summed E-state index contributed by atoms with van der Waals surface area (Å²) in [5.41, 5.74) is 1.09. The van der Waals surface area contributed by atoms with Crippen LogP contribution in [0.4, 0.5) is 0 Å². The molecule has 1 saturated carbocycles. The maximum atomic E-state index is 13.9. The molecular formula is C33H42Cl2N2O4. The number of fused-ring (bicyclic) bond motifs is 1. The Hall–Kier alpha value is -2.38. The highest BCUT2D eigenvalue weighted by atomic mass is 35.5. The zero-order valence-corrected chi connectivity index (χ0v) is 26.1. The van der Waals surface area contributed by atoms with Gasteiger partial charge in [0.25, 0.3) is 0 Å². The molecule has 0 spiro atoms. The number of esters is 1. The molecular weight excluding hydrogens is 559 g/mol. The first-order valence-corrected chi connectivity index (χ1v) is 15.2. The van der Waals surface area contributed by atoms with Gasteiger partial charge in [0.1, 0.15) is 5.75 Å². The Morgan fingerprint density at radius 2 is 1.95 bits per heavy atom. The van der Waals surface area contributed by atoms with Crippen LogP contribution in [0.25, 0.3) is 0 Å². The number of hydrogen-bond acceptors (Lipinski definition) is 5. The first-order chi connectivity index (χ1) is 19.5. The quantitative estimate of drug-likeness (QED) is 0.172. The number of carbonyl (C=O) groups excluding carboxylic acids is 2. The number of carbonyl (C=O) groups is 2. The first kappa shape index (κ1) is 31.6. The predicted octanol–water partition coefficient (Wildman–Crippen LogP) is 6.71. The fourth-order valence-corrected chi connectivity index (χ4v) is 7.29. The van der Waals surface area contributed by atoms with Crippen molar-refractivity contribution in [3.05, 3.63) is 76.3 Å². The van der Waals surface area contributed by atoms with Gasteiger partial charge in [0.05, 0.1) is 22.1 Å². The van der Waals surface area contributed by atoms with Crippen molar-refractivity contribution in [3.8, 4) is 5.75 Å². The number of ether oxygens (including phenoxy) is 2. The molecule has 2 fully saturated rings. The van der Waals surface area contributed by atoms with Crippen LogP contribution in [0.1, 0.15) is 57.6 Å². The second-order valence-corrected chi connectivity index (χ2v) is 12.8. The van der Waals surface area contributed by atoms with Crippen molar-refractivity contribution >= 4 is 35.1 Å². The lowest BCUT2D eigenvalue weighted by Gasteiger charge is -2.60. The molecule has 1 amide bonds. The maximum absolute atomic E-state index is 13.9. The summed E-state index contributed by atoms with van der Waals surface area (Å²) >= 11 is 12.4. The second-order valence-electron chi connectivity index (χ2n) is 11.9. The van der Waals surface area contributed by atoms with Gasteiger partial charge in [0, 0.05) is 45.1 Å². The van der Waals surface area contributed by atoms with Crippen LogP contribution in [0, 0.1) is 5.92 Å². The van der Waals surface area contributed by atoms with E-state index in [1.807, 2.05) is 37.5 Å². The molecule has 41 heavy (non-hydrogen) atoms. The summed E-state index contributed by atoms with van der Waals surface area (Å²) < 4.78 is 12.0. The summed E-state index contributed by atoms with van der Waals surface area (Å²) in [6.45, 7) is 12.8. The number of hydrogen-bond donors (Lipinski definition) is 0. The van der Waals surface area contributed by atoms with Gasteiger partial charge in [-0.3, -0.25) is 14.5 Å². The SMILES string of the molecule is C=CCN1CC[C@@]2(c3cccc(OC(C)=O)c3)C[C@H](N(CC(C)C)C(=O)Cc3ccc(Cl)c(Cl)c3)CC[C@]2(OC)C1. The number of nitrogens with zero attached hydrogens (tertiary/aromatic N) is 2. The number of amides is 1. The fraction of sp³-hybridized carbons (Fsp3) is 0.515. The third-order valence-corrected chi connectivity index (χ3v) is 9.50. The third-order valence-electron chi connectivity index (χ3n) is 8.76. The van der Waals surface area contributed by atoms with Gasteiger partial charge in [-0.1, -0.05) is 61.3 Å². The minimum atomic E-state index is -0.462. The van der Waals surface area contributed by atoms with Gasteiger partial charge in [0.15, 0.2) is 0 Å². The molecule has 2 aromatic rings. The molecule has 3 atom stereocenters. The van der Waals surface area contributed by atoms with Crippen LogP contribution in [0.2, 0.25) is 10.0 Å². The zero-order valence-electron chi connectivity index (χ0n) is 24.6. The molecule has 4 rings (SSSR count). The molecule has 6 nitrogen and oxygen atoms in total. The maximum Gasteiger partial charge on any atom is 0.308 e. The van der Waals surface area contributed by atoms with Crippen LogP contribution in [-0.2, 0) is 26.2 Å². The number of halogens is 2. The van der Waals surface area contributed by atoms with Crippen LogP contribution in [-0.4, -0.2) is 66.6 Å². The Balaban J connectivity index is 1.73. The smallest absolute Gasteiger partial charge is 0.308 e. The molecule has 0 N–H and O–H groups in total. The van der Waals surface area contributed by atoms with Crippen LogP contribution < -0.4 is 4.74 Å². The summed E-state index contributed by atoms with van der Waals surface area (Å²) in [5, 5.41) is 0.929. The minimum absolute atomic E-state index is 0.0271. The van der Waals surface area contributed by atoms with Gasteiger partial charge < -0.3 is 14.4 Å². The summed E-state index contributed by atoms with van der Waals surface area (Å²) in [4.78, 5) is 30.2. The largest absolute Gasteiger partial charge is 0.427 e. The molecule has 1 aliphatic carbocycles. The number of likely N-dealkylation sites (tertiary alicyclic amines) is 1. The number of methoxy groups -OCH3 is 1. The molecule has 222 valence electrons. The molecule has 0 bridgehead atoms. The van der Waals surface area contributed by atoms with Crippen molar-refractivity contribution in [2.45, 2.75) is 69.9 Å². The van der Waals surface area contributed by atoms with E-state index in [9.17, 15) is 9.59 Å². The Labute approximate surface area is 254 Å². The third kappa shape index (κ3) is 6.83. The lowest BCUT2D eigenvalue weighted by molar-refractivity contribution is -0.161. The fourth-order valence-electron chi connectivity index (χ4n) is 6.97. The molecule has 1 saturated heterocycles. The van der Waals surface area contributed by atoms with Gasteiger partial charge in [-0.25, -0.2) is 0 Å². The summed E-state index contributed by atoms with van der Waals surface area (Å²) in [6.07, 6.45) is 5.44. The Bertz CT molecular complexity index is 1270. The van der Waals surface area contributed by atoms with Crippen molar-refractivity contribution in [1.82, 2.24) is 9.80 Å². The monoisotopic (exact) mass is 600 g/mol. The minimum Gasteiger partial charge on any atom is -0.427 e. The van der Waals surface area contributed by atoms with Gasteiger partial charge in [-0.2, -0.15) is 0 Å². The molecule has 0 aromatic heterocycles.